The van der Waals surface area contributed by atoms with Gasteiger partial charge in [0.15, 0.2) is 4.84 Å². The molecular weight excluding hydrogens is 269 g/mol. The Labute approximate surface area is 107 Å². The van der Waals surface area contributed by atoms with Crippen LogP contribution in [-0.4, -0.2) is 28.9 Å². The lowest BCUT2D eigenvalue weighted by atomic mass is 10.1. The first-order valence-electron chi connectivity index (χ1n) is 4.46. The monoisotopic (exact) mass is 277 g/mol. The maximum Gasteiger partial charge on any atom is 0.337 e. The predicted molar refractivity (Wildman–Crippen MR) is 64.1 cm³/mol. The van der Waals surface area contributed by atoms with Crippen LogP contribution in [0.4, 0.5) is 5.69 Å². The van der Waals surface area contributed by atoms with Gasteiger partial charge < -0.3 is 15.2 Å². The van der Waals surface area contributed by atoms with E-state index in [1.165, 1.54) is 25.3 Å². The lowest BCUT2D eigenvalue weighted by molar-refractivity contribution is -0.114. The summed E-state index contributed by atoms with van der Waals surface area (Å²) < 4.78 is 4.88. The van der Waals surface area contributed by atoms with E-state index in [0.717, 1.165) is 0 Å². The van der Waals surface area contributed by atoms with Gasteiger partial charge in [-0.2, -0.15) is 0 Å². The number of carboxylic acid groups (broad SMARTS) is 1. The average molecular weight is 278 g/mol. The van der Waals surface area contributed by atoms with Gasteiger partial charge in [-0.15, -0.1) is 0 Å². The maximum atomic E-state index is 11.2. The molecule has 0 radical (unpaired) electrons. The van der Waals surface area contributed by atoms with Crippen molar-refractivity contribution < 1.29 is 19.4 Å². The third kappa shape index (κ3) is 3.51. The molecule has 7 heteroatoms. The van der Waals surface area contributed by atoms with Crippen LogP contribution in [0.3, 0.4) is 0 Å². The fraction of sp³-hybridized carbons (Fsp3) is 0.200. The number of aromatic carboxylic acids is 1. The first-order chi connectivity index (χ1) is 7.95. The summed E-state index contributed by atoms with van der Waals surface area (Å²) in [5.41, 5.74) is 0.00119. The van der Waals surface area contributed by atoms with E-state index in [2.05, 4.69) is 5.32 Å². The number of ether oxygens (including phenoxy) is 1. The van der Waals surface area contributed by atoms with Crippen molar-refractivity contribution >= 4 is 40.8 Å². The van der Waals surface area contributed by atoms with Crippen LogP contribution in [0.1, 0.15) is 10.4 Å². The van der Waals surface area contributed by atoms with Crippen LogP contribution >= 0.6 is 23.2 Å². The first kappa shape index (κ1) is 13.6. The van der Waals surface area contributed by atoms with Crippen molar-refractivity contribution in [1.82, 2.24) is 0 Å². The second-order valence-electron chi connectivity index (χ2n) is 3.01. The summed E-state index contributed by atoms with van der Waals surface area (Å²) in [6, 6.07) is 4.20. The van der Waals surface area contributed by atoms with Gasteiger partial charge in [-0.25, -0.2) is 4.79 Å². The van der Waals surface area contributed by atoms with Gasteiger partial charge in [0.05, 0.1) is 18.4 Å². The highest BCUT2D eigenvalue weighted by Gasteiger charge is 2.17. The molecular formula is C10H9Cl2NO4. The topological polar surface area (TPSA) is 75.6 Å². The molecule has 0 saturated heterocycles. The second kappa shape index (κ2) is 5.75. The molecule has 0 heterocycles. The highest BCUT2D eigenvalue weighted by molar-refractivity contribution is 6.54. The van der Waals surface area contributed by atoms with Gasteiger partial charge in [0.2, 0.25) is 0 Å². The minimum Gasteiger partial charge on any atom is -0.497 e. The number of benzene rings is 1. The van der Waals surface area contributed by atoms with Crippen LogP contribution in [0.15, 0.2) is 18.2 Å². The average Bonchev–Trinajstić information content (AvgIpc) is 2.29. The van der Waals surface area contributed by atoms with E-state index >= 15 is 0 Å². The summed E-state index contributed by atoms with van der Waals surface area (Å²) in [7, 11) is 1.41. The number of hydrogen-bond donors (Lipinski definition) is 2. The summed E-state index contributed by atoms with van der Waals surface area (Å²) in [6.45, 7) is 0. The molecule has 0 aliphatic heterocycles. The molecule has 1 rings (SSSR count). The molecule has 0 saturated carbocycles. The van der Waals surface area contributed by atoms with Gasteiger partial charge in [-0.1, -0.05) is 23.2 Å². The number of carboxylic acids is 1. The number of halogens is 2. The van der Waals surface area contributed by atoms with E-state index in [0.29, 0.717) is 5.75 Å². The molecule has 17 heavy (non-hydrogen) atoms. The van der Waals surface area contributed by atoms with Crippen molar-refractivity contribution in [2.75, 3.05) is 12.4 Å². The Morgan fingerprint density at radius 3 is 2.53 bits per heavy atom. The highest BCUT2D eigenvalue weighted by Crippen LogP contribution is 2.22. The number of hydrogen-bond acceptors (Lipinski definition) is 3. The van der Waals surface area contributed by atoms with Crippen molar-refractivity contribution in [3.63, 3.8) is 0 Å². The second-order valence-corrected chi connectivity index (χ2v) is 4.10. The van der Waals surface area contributed by atoms with E-state index in [4.69, 9.17) is 33.0 Å². The Morgan fingerprint density at radius 2 is 2.06 bits per heavy atom. The number of carbonyl (C=O) groups excluding carboxylic acids is 1. The number of rotatable bonds is 4. The summed E-state index contributed by atoms with van der Waals surface area (Å²) in [5, 5.41) is 11.3. The fourth-order valence-electron chi connectivity index (χ4n) is 1.12. The Balaban J connectivity index is 3.06. The summed E-state index contributed by atoms with van der Waals surface area (Å²) in [4.78, 5) is 20.9. The minimum atomic E-state index is -1.27. The molecule has 92 valence electrons. The SMILES string of the molecule is COc1ccc(NC(=O)C(Cl)Cl)c(C(=O)O)c1. The predicted octanol–water partition coefficient (Wildman–Crippen LogP) is 2.14. The van der Waals surface area contributed by atoms with Crippen LogP contribution in [0.2, 0.25) is 0 Å². The van der Waals surface area contributed by atoms with Gasteiger partial charge >= 0.3 is 5.97 Å². The minimum absolute atomic E-state index is 0.105. The lowest BCUT2D eigenvalue weighted by Gasteiger charge is -2.10. The van der Waals surface area contributed by atoms with Crippen LogP contribution in [0.25, 0.3) is 0 Å². The Bertz CT molecular complexity index is 448. The van der Waals surface area contributed by atoms with Gasteiger partial charge in [0.25, 0.3) is 5.91 Å². The number of carbonyl (C=O) groups is 2. The third-order valence-electron chi connectivity index (χ3n) is 1.91. The van der Waals surface area contributed by atoms with Gasteiger partial charge in [-0.05, 0) is 18.2 Å². The quantitative estimate of drug-likeness (QED) is 0.827. The fourth-order valence-corrected chi connectivity index (χ4v) is 1.23. The summed E-state index contributed by atoms with van der Waals surface area (Å²) in [5.74, 6) is -1.52. The van der Waals surface area contributed by atoms with Crippen LogP contribution < -0.4 is 10.1 Å². The molecule has 2 N–H and O–H groups in total. The van der Waals surface area contributed by atoms with Crippen molar-refractivity contribution in [2.24, 2.45) is 0 Å². The molecule has 1 amide bonds. The standard InChI is InChI=1S/C10H9Cl2NO4/c1-17-5-2-3-7(6(4-5)10(15)16)13-9(14)8(11)12/h2-4,8H,1H3,(H,13,14)(H,15,16). The largest absolute Gasteiger partial charge is 0.497 e. The highest BCUT2D eigenvalue weighted by atomic mass is 35.5. The van der Waals surface area contributed by atoms with Crippen molar-refractivity contribution in [2.45, 2.75) is 4.84 Å². The molecule has 0 aliphatic rings. The molecule has 0 spiro atoms. The third-order valence-corrected chi connectivity index (χ3v) is 2.31. The van der Waals surface area contributed by atoms with E-state index < -0.39 is 16.7 Å². The molecule has 0 bridgehead atoms. The maximum absolute atomic E-state index is 11.2. The van der Waals surface area contributed by atoms with E-state index in [9.17, 15) is 9.59 Å². The van der Waals surface area contributed by atoms with Crippen LogP contribution in [0, 0.1) is 0 Å². The molecule has 0 aromatic heterocycles. The molecule has 0 atom stereocenters. The Morgan fingerprint density at radius 1 is 1.41 bits per heavy atom. The van der Waals surface area contributed by atoms with Crippen molar-refractivity contribution in [3.05, 3.63) is 23.8 Å². The summed E-state index contributed by atoms with van der Waals surface area (Å²) in [6.07, 6.45) is 0. The zero-order valence-electron chi connectivity index (χ0n) is 8.74. The Kier molecular flexibility index (Phi) is 4.60. The molecule has 1 aromatic rings. The zero-order valence-corrected chi connectivity index (χ0v) is 10.2. The van der Waals surface area contributed by atoms with E-state index in [-0.39, 0.29) is 11.3 Å². The van der Waals surface area contributed by atoms with E-state index in [1.54, 1.807) is 0 Å². The van der Waals surface area contributed by atoms with Crippen molar-refractivity contribution in [3.8, 4) is 5.75 Å². The van der Waals surface area contributed by atoms with Crippen LogP contribution in [-0.2, 0) is 4.79 Å². The lowest BCUT2D eigenvalue weighted by Crippen LogP contribution is -2.20. The van der Waals surface area contributed by atoms with Gasteiger partial charge in [0, 0.05) is 0 Å². The zero-order chi connectivity index (χ0) is 13.0. The normalized spacial score (nSPS) is 10.1. The van der Waals surface area contributed by atoms with Gasteiger partial charge in [0.1, 0.15) is 5.75 Å². The number of nitrogens with one attached hydrogen (secondary N) is 1. The van der Waals surface area contributed by atoms with Crippen molar-refractivity contribution in [1.29, 1.82) is 0 Å². The number of anilines is 1. The van der Waals surface area contributed by atoms with Crippen LogP contribution in [0.5, 0.6) is 5.75 Å². The summed E-state index contributed by atoms with van der Waals surface area (Å²) >= 11 is 10.7. The smallest absolute Gasteiger partial charge is 0.337 e. The first-order valence-corrected chi connectivity index (χ1v) is 5.33. The molecule has 1 aromatic carbocycles. The molecule has 0 aliphatic carbocycles. The molecule has 0 fully saturated rings. The molecule has 0 unspecified atom stereocenters. The number of alkyl halides is 2. The van der Waals surface area contributed by atoms with E-state index in [1.807, 2.05) is 0 Å². The Hall–Kier alpha value is -1.46. The number of amides is 1. The van der Waals surface area contributed by atoms with Gasteiger partial charge in [-0.3, -0.25) is 4.79 Å². The number of methoxy groups -OCH3 is 1. The molecule has 5 nitrogen and oxygen atoms in total.